The zero-order chi connectivity index (χ0) is 30.6. The molecular formula is C29H35ClF2N4O6. The largest absolute Gasteiger partial charge is 0.480 e. The minimum Gasteiger partial charge on any atom is -0.480 e. The van der Waals surface area contributed by atoms with Gasteiger partial charge in [-0.2, -0.15) is 8.78 Å². The Kier molecular flexibility index (Phi) is 7.97. The Morgan fingerprint density at radius 2 is 1.88 bits per heavy atom. The highest BCUT2D eigenvalue weighted by atomic mass is 35.5. The van der Waals surface area contributed by atoms with E-state index in [-0.39, 0.29) is 36.0 Å². The summed E-state index contributed by atoms with van der Waals surface area (Å²) < 4.78 is 43.1. The smallest absolute Gasteiger partial charge is 0.408 e. The molecule has 2 amide bonds. The predicted molar refractivity (Wildman–Crippen MR) is 148 cm³/mol. The van der Waals surface area contributed by atoms with Gasteiger partial charge in [-0.15, -0.1) is 0 Å². The fourth-order valence-corrected chi connectivity index (χ4v) is 5.98. The van der Waals surface area contributed by atoms with E-state index in [2.05, 4.69) is 15.3 Å². The number of hydrogen-bond donors (Lipinski definition) is 2. The molecule has 2 aliphatic heterocycles. The van der Waals surface area contributed by atoms with Crippen LogP contribution in [0.15, 0.2) is 18.2 Å². The van der Waals surface area contributed by atoms with E-state index in [4.69, 9.17) is 21.1 Å². The van der Waals surface area contributed by atoms with Crippen molar-refractivity contribution in [3.8, 4) is 5.88 Å². The Bertz CT molecular complexity index is 1400. The quantitative estimate of drug-likeness (QED) is 0.454. The first kappa shape index (κ1) is 30.2. The molecule has 0 spiro atoms. The number of rotatable bonds is 1. The number of nitrogens with one attached hydrogen (secondary N) is 1. The van der Waals surface area contributed by atoms with Gasteiger partial charge in [0.05, 0.1) is 17.6 Å². The maximum absolute atomic E-state index is 15.7. The lowest BCUT2D eigenvalue weighted by Gasteiger charge is -2.34. The minimum atomic E-state index is -3.40. The first-order valence-corrected chi connectivity index (χ1v) is 14.6. The third-order valence-electron chi connectivity index (χ3n) is 8.34. The number of carbonyl (C=O) groups excluding carboxylic acids is 2. The maximum Gasteiger partial charge on any atom is 0.408 e. The summed E-state index contributed by atoms with van der Waals surface area (Å²) in [6.07, 6.45) is -0.744. The van der Waals surface area contributed by atoms with E-state index in [1.165, 1.54) is 18.2 Å². The Morgan fingerprint density at radius 3 is 2.57 bits per heavy atom. The van der Waals surface area contributed by atoms with Gasteiger partial charge in [0, 0.05) is 17.4 Å². The van der Waals surface area contributed by atoms with E-state index >= 15 is 8.78 Å². The molecule has 1 aromatic heterocycles. The molecule has 228 valence electrons. The van der Waals surface area contributed by atoms with Crippen LogP contribution in [-0.2, 0) is 20.2 Å². The summed E-state index contributed by atoms with van der Waals surface area (Å²) in [5, 5.41) is 13.1. The highest BCUT2D eigenvalue weighted by Crippen LogP contribution is 2.42. The fourth-order valence-electron chi connectivity index (χ4n) is 5.81. The van der Waals surface area contributed by atoms with E-state index in [0.29, 0.717) is 24.3 Å². The van der Waals surface area contributed by atoms with E-state index in [9.17, 15) is 19.5 Å². The molecule has 2 fully saturated rings. The van der Waals surface area contributed by atoms with Crippen molar-refractivity contribution in [1.29, 1.82) is 0 Å². The molecule has 3 heterocycles. The van der Waals surface area contributed by atoms with Crippen LogP contribution in [0.1, 0.15) is 65.5 Å². The number of carbonyl (C=O) groups is 3. The van der Waals surface area contributed by atoms with Crippen LogP contribution in [0, 0.1) is 17.3 Å². The lowest BCUT2D eigenvalue weighted by molar-refractivity contribution is -0.151. The first-order valence-electron chi connectivity index (χ1n) is 14.2. The van der Waals surface area contributed by atoms with Crippen LogP contribution in [0.2, 0.25) is 5.02 Å². The van der Waals surface area contributed by atoms with E-state index in [0.717, 1.165) is 4.90 Å². The Balaban J connectivity index is 1.56. The standard InChI is InChI=1S/C29H35ClF2N4O6/c1-14-20-13-36(21(14)26(38)39)25(37)23(28(2,3)4)35-27(40)42-19-11-15(19)7-5-6-10-29(31,32)22-24(41-20)34-18-12-16(30)8-9-17(18)33-22/h8-9,12,14-15,19-21,23H,5-7,10-11,13H2,1-4H3,(H,35,40)(H,38,39)/t14-,15?,19-,20+,21+,23-/m1/s1. The zero-order valence-corrected chi connectivity index (χ0v) is 24.7. The van der Waals surface area contributed by atoms with Crippen molar-refractivity contribution < 1.29 is 37.7 Å². The molecule has 3 aliphatic rings. The zero-order valence-electron chi connectivity index (χ0n) is 23.9. The number of aliphatic carboxylic acids is 1. The van der Waals surface area contributed by atoms with Crippen LogP contribution in [0.25, 0.3) is 11.0 Å². The number of amides is 2. The molecule has 1 unspecified atom stereocenters. The molecule has 1 aliphatic carbocycles. The van der Waals surface area contributed by atoms with Gasteiger partial charge in [-0.3, -0.25) is 4.79 Å². The summed E-state index contributed by atoms with van der Waals surface area (Å²) >= 11 is 6.12. The average molecular weight is 609 g/mol. The number of fused-ring (bicyclic) bond motifs is 5. The number of benzene rings is 1. The number of aromatic nitrogens is 2. The average Bonchev–Trinajstić information content (AvgIpc) is 3.54. The van der Waals surface area contributed by atoms with Crippen molar-refractivity contribution in [3.63, 3.8) is 0 Å². The third kappa shape index (κ3) is 6.09. The van der Waals surface area contributed by atoms with Crippen molar-refractivity contribution in [2.75, 3.05) is 6.54 Å². The molecule has 5 rings (SSSR count). The van der Waals surface area contributed by atoms with Crippen molar-refractivity contribution in [1.82, 2.24) is 20.2 Å². The number of alkyl halides is 2. The number of carboxylic acids is 1. The summed E-state index contributed by atoms with van der Waals surface area (Å²) in [6.45, 7) is 6.58. The van der Waals surface area contributed by atoms with Crippen molar-refractivity contribution >= 4 is 40.6 Å². The first-order chi connectivity index (χ1) is 19.7. The van der Waals surface area contributed by atoms with Crippen molar-refractivity contribution in [3.05, 3.63) is 28.9 Å². The topological polar surface area (TPSA) is 131 Å². The van der Waals surface area contributed by atoms with E-state index < -0.39 is 71.4 Å². The molecule has 6 atom stereocenters. The van der Waals surface area contributed by atoms with Crippen molar-refractivity contribution in [2.45, 2.75) is 90.0 Å². The molecule has 2 N–H and O–H groups in total. The van der Waals surface area contributed by atoms with Gasteiger partial charge in [0.1, 0.15) is 24.3 Å². The minimum absolute atomic E-state index is 0.0488. The molecule has 1 aromatic carbocycles. The van der Waals surface area contributed by atoms with Gasteiger partial charge >= 0.3 is 12.1 Å². The van der Waals surface area contributed by atoms with Gasteiger partial charge < -0.3 is 24.8 Å². The van der Waals surface area contributed by atoms with Crippen molar-refractivity contribution in [2.24, 2.45) is 17.3 Å². The Labute approximate surface area is 247 Å². The summed E-state index contributed by atoms with van der Waals surface area (Å²) in [5.74, 6) is -6.52. The van der Waals surface area contributed by atoms with Gasteiger partial charge in [0.25, 0.3) is 5.92 Å². The van der Waals surface area contributed by atoms with Crippen LogP contribution in [0.3, 0.4) is 0 Å². The summed E-state index contributed by atoms with van der Waals surface area (Å²) in [4.78, 5) is 48.8. The van der Waals surface area contributed by atoms with Crippen LogP contribution < -0.4 is 10.1 Å². The summed E-state index contributed by atoms with van der Waals surface area (Å²) in [5.41, 5.74) is -0.994. The molecule has 2 bridgehead atoms. The molecule has 1 saturated heterocycles. The monoisotopic (exact) mass is 608 g/mol. The molecule has 0 radical (unpaired) electrons. The second-order valence-corrected chi connectivity index (χ2v) is 13.1. The SMILES string of the molecule is C[C@@H]1[C@@H]2CN(C(=O)[C@H](C(C)(C)C)NC(=O)O[C@@H]3CC3CCCCC(F)(F)c3nc4ccc(Cl)cc4nc3O2)[C@@H]1C(=O)O. The fraction of sp³-hybridized carbons (Fsp3) is 0.621. The van der Waals surface area contributed by atoms with Gasteiger partial charge in [0.2, 0.25) is 11.8 Å². The van der Waals surface area contributed by atoms with Gasteiger partial charge in [-0.1, -0.05) is 45.7 Å². The van der Waals surface area contributed by atoms with E-state index in [1.54, 1.807) is 27.7 Å². The molecule has 42 heavy (non-hydrogen) atoms. The Hall–Kier alpha value is -3.28. The predicted octanol–water partition coefficient (Wildman–Crippen LogP) is 5.16. The highest BCUT2D eigenvalue weighted by Gasteiger charge is 2.51. The lowest BCUT2D eigenvalue weighted by atomic mass is 9.85. The molecule has 10 nitrogen and oxygen atoms in total. The summed E-state index contributed by atoms with van der Waals surface area (Å²) in [6, 6.07) is 2.06. The number of ether oxygens (including phenoxy) is 2. The Morgan fingerprint density at radius 1 is 1.14 bits per heavy atom. The normalized spacial score (nSPS) is 30.2. The second-order valence-electron chi connectivity index (χ2n) is 12.6. The summed E-state index contributed by atoms with van der Waals surface area (Å²) in [7, 11) is 0. The van der Waals surface area contributed by atoms with Crippen LogP contribution >= 0.6 is 11.6 Å². The number of alkyl carbamates (subject to hydrolysis) is 1. The molecule has 13 heteroatoms. The number of carboxylic acid groups (broad SMARTS) is 1. The molecule has 2 aromatic rings. The molecular weight excluding hydrogens is 574 g/mol. The van der Waals surface area contributed by atoms with Gasteiger partial charge in [0.15, 0.2) is 5.69 Å². The number of halogens is 3. The highest BCUT2D eigenvalue weighted by molar-refractivity contribution is 6.31. The van der Waals surface area contributed by atoms with Crippen LogP contribution in [-0.4, -0.2) is 68.8 Å². The third-order valence-corrected chi connectivity index (χ3v) is 8.58. The lowest BCUT2D eigenvalue weighted by Crippen LogP contribution is -2.57. The maximum atomic E-state index is 15.7. The van der Waals surface area contributed by atoms with Crippen LogP contribution in [0.5, 0.6) is 5.88 Å². The molecule has 1 saturated carbocycles. The van der Waals surface area contributed by atoms with Gasteiger partial charge in [-0.05, 0) is 48.8 Å². The number of nitrogens with zero attached hydrogens (tertiary/aromatic N) is 3. The second kappa shape index (κ2) is 11.1. The van der Waals surface area contributed by atoms with Crippen LogP contribution in [0.4, 0.5) is 13.6 Å². The number of hydrogen-bond acceptors (Lipinski definition) is 7. The van der Waals surface area contributed by atoms with Gasteiger partial charge in [-0.25, -0.2) is 19.6 Å². The van der Waals surface area contributed by atoms with E-state index in [1.807, 2.05) is 0 Å².